The van der Waals surface area contributed by atoms with Crippen molar-refractivity contribution in [2.75, 3.05) is 20.8 Å². The molecule has 0 saturated heterocycles. The Labute approximate surface area is 171 Å². The minimum absolute atomic E-state index is 0.0972. The number of amides is 1. The van der Waals surface area contributed by atoms with Gasteiger partial charge < -0.3 is 19.5 Å². The summed E-state index contributed by atoms with van der Waals surface area (Å²) in [5.41, 5.74) is 1.79. The minimum atomic E-state index is -0.445. The number of methoxy groups -OCH3 is 2. The Hall–Kier alpha value is -3.28. The molecule has 2 aromatic rings. The summed E-state index contributed by atoms with van der Waals surface area (Å²) in [5.74, 6) is 0.479. The van der Waals surface area contributed by atoms with Crippen molar-refractivity contribution < 1.29 is 23.8 Å². The lowest BCUT2D eigenvalue weighted by Gasteiger charge is -2.23. The average Bonchev–Trinajstić information content (AvgIpc) is 2.74. The van der Waals surface area contributed by atoms with Crippen molar-refractivity contribution in [2.45, 2.75) is 19.9 Å². The summed E-state index contributed by atoms with van der Waals surface area (Å²) < 4.78 is 15.6. The van der Waals surface area contributed by atoms with Gasteiger partial charge in [0.1, 0.15) is 0 Å². The van der Waals surface area contributed by atoms with Crippen LogP contribution < -0.4 is 14.8 Å². The standard InChI is InChI=1S/C23H27NO5/c1-16(2)23(18-8-6-5-7-9-18)24-21(25)15-29-19-12-10-17(14-20(19)27-3)11-13-22(26)28-4/h5-14,16,23H,15H2,1-4H3,(H,24,25). The van der Waals surface area contributed by atoms with Gasteiger partial charge in [0.15, 0.2) is 18.1 Å². The number of nitrogens with one attached hydrogen (secondary N) is 1. The highest BCUT2D eigenvalue weighted by molar-refractivity contribution is 5.87. The number of benzene rings is 2. The van der Waals surface area contributed by atoms with Crippen molar-refractivity contribution in [3.8, 4) is 11.5 Å². The van der Waals surface area contributed by atoms with Gasteiger partial charge in [-0.2, -0.15) is 0 Å². The van der Waals surface area contributed by atoms with E-state index in [1.54, 1.807) is 24.3 Å². The topological polar surface area (TPSA) is 73.9 Å². The highest BCUT2D eigenvalue weighted by atomic mass is 16.5. The first-order valence-corrected chi connectivity index (χ1v) is 9.35. The maximum absolute atomic E-state index is 12.4. The number of carbonyl (C=O) groups is 2. The van der Waals surface area contributed by atoms with Crippen LogP contribution in [0.1, 0.15) is 31.0 Å². The second-order valence-corrected chi connectivity index (χ2v) is 6.76. The van der Waals surface area contributed by atoms with Crippen LogP contribution in [0.15, 0.2) is 54.6 Å². The number of hydrogen-bond acceptors (Lipinski definition) is 5. The first kappa shape index (κ1) is 22.0. The number of hydrogen-bond donors (Lipinski definition) is 1. The van der Waals surface area contributed by atoms with E-state index in [9.17, 15) is 9.59 Å². The van der Waals surface area contributed by atoms with E-state index in [0.29, 0.717) is 11.5 Å². The summed E-state index contributed by atoms with van der Waals surface area (Å²) in [7, 11) is 2.83. The molecule has 0 fully saturated rings. The van der Waals surface area contributed by atoms with Gasteiger partial charge in [0.05, 0.1) is 20.3 Å². The lowest BCUT2D eigenvalue weighted by atomic mass is 9.96. The summed E-state index contributed by atoms with van der Waals surface area (Å²) in [6.45, 7) is 3.98. The van der Waals surface area contributed by atoms with Crippen molar-refractivity contribution in [2.24, 2.45) is 5.92 Å². The van der Waals surface area contributed by atoms with Gasteiger partial charge in [-0.15, -0.1) is 0 Å². The molecule has 1 atom stereocenters. The highest BCUT2D eigenvalue weighted by Crippen LogP contribution is 2.28. The smallest absolute Gasteiger partial charge is 0.330 e. The summed E-state index contributed by atoms with van der Waals surface area (Å²) >= 11 is 0. The molecule has 0 bridgehead atoms. The molecular weight excluding hydrogens is 370 g/mol. The van der Waals surface area contributed by atoms with Crippen molar-refractivity contribution in [3.05, 3.63) is 65.7 Å². The van der Waals surface area contributed by atoms with Crippen LogP contribution in [0.5, 0.6) is 11.5 Å². The molecule has 1 unspecified atom stereocenters. The Morgan fingerprint density at radius 2 is 1.76 bits per heavy atom. The number of ether oxygens (including phenoxy) is 3. The quantitative estimate of drug-likeness (QED) is 0.515. The molecule has 0 aromatic heterocycles. The third-order valence-electron chi connectivity index (χ3n) is 4.30. The van der Waals surface area contributed by atoms with Crippen molar-refractivity contribution in [3.63, 3.8) is 0 Å². The second kappa shape index (κ2) is 10.9. The molecule has 0 radical (unpaired) electrons. The zero-order chi connectivity index (χ0) is 21.2. The fraction of sp³-hybridized carbons (Fsp3) is 0.304. The molecule has 154 valence electrons. The van der Waals surface area contributed by atoms with Gasteiger partial charge in [0.2, 0.25) is 0 Å². The van der Waals surface area contributed by atoms with Gasteiger partial charge in [-0.1, -0.05) is 50.2 Å². The predicted molar refractivity (Wildman–Crippen MR) is 112 cm³/mol. The molecule has 6 heteroatoms. The van der Waals surface area contributed by atoms with Crippen LogP contribution in [-0.4, -0.2) is 32.7 Å². The van der Waals surface area contributed by atoms with E-state index in [1.165, 1.54) is 20.3 Å². The fourth-order valence-electron chi connectivity index (χ4n) is 2.79. The molecule has 0 aliphatic heterocycles. The largest absolute Gasteiger partial charge is 0.493 e. The molecular formula is C23H27NO5. The van der Waals surface area contributed by atoms with Gasteiger partial charge in [-0.05, 0) is 35.3 Å². The van der Waals surface area contributed by atoms with Crippen molar-refractivity contribution in [1.82, 2.24) is 5.32 Å². The second-order valence-electron chi connectivity index (χ2n) is 6.76. The van der Waals surface area contributed by atoms with Crippen LogP contribution in [0.3, 0.4) is 0 Å². The Kier molecular flexibility index (Phi) is 8.27. The van der Waals surface area contributed by atoms with Crippen LogP contribution in [0.2, 0.25) is 0 Å². The zero-order valence-electron chi connectivity index (χ0n) is 17.2. The predicted octanol–water partition coefficient (Wildman–Crippen LogP) is 3.77. The first-order valence-electron chi connectivity index (χ1n) is 9.35. The summed E-state index contributed by atoms with van der Waals surface area (Å²) in [4.78, 5) is 23.7. The molecule has 29 heavy (non-hydrogen) atoms. The molecule has 0 aliphatic carbocycles. The summed E-state index contributed by atoms with van der Waals surface area (Å²) in [5, 5.41) is 3.02. The first-order chi connectivity index (χ1) is 13.9. The molecule has 0 saturated carbocycles. The van der Waals surface area contributed by atoms with Gasteiger partial charge in [-0.3, -0.25) is 4.79 Å². The maximum atomic E-state index is 12.4. The molecule has 0 spiro atoms. The monoisotopic (exact) mass is 397 g/mol. The normalized spacial score (nSPS) is 11.9. The van der Waals surface area contributed by atoms with E-state index in [2.05, 4.69) is 23.9 Å². The molecule has 1 amide bonds. The van der Waals surface area contributed by atoms with E-state index < -0.39 is 5.97 Å². The third-order valence-corrected chi connectivity index (χ3v) is 4.30. The summed E-state index contributed by atoms with van der Waals surface area (Å²) in [6.07, 6.45) is 2.93. The molecule has 6 nitrogen and oxygen atoms in total. The fourth-order valence-corrected chi connectivity index (χ4v) is 2.79. The van der Waals surface area contributed by atoms with Crippen molar-refractivity contribution >= 4 is 18.0 Å². The van der Waals surface area contributed by atoms with Gasteiger partial charge in [-0.25, -0.2) is 4.79 Å². The molecule has 2 rings (SSSR count). The van der Waals surface area contributed by atoms with Gasteiger partial charge in [0.25, 0.3) is 5.91 Å². The Balaban J connectivity index is 2.01. The van der Waals surface area contributed by atoms with E-state index >= 15 is 0 Å². The van der Waals surface area contributed by atoms with Crippen LogP contribution in [0.25, 0.3) is 6.08 Å². The van der Waals surface area contributed by atoms with Crippen molar-refractivity contribution in [1.29, 1.82) is 0 Å². The Bertz CT molecular complexity index is 846. The Morgan fingerprint density at radius 1 is 1.03 bits per heavy atom. The Morgan fingerprint density at radius 3 is 2.38 bits per heavy atom. The van der Waals surface area contributed by atoms with Gasteiger partial charge in [0, 0.05) is 6.08 Å². The molecule has 0 heterocycles. The maximum Gasteiger partial charge on any atom is 0.330 e. The van der Waals surface area contributed by atoms with Gasteiger partial charge >= 0.3 is 5.97 Å². The van der Waals surface area contributed by atoms with Crippen LogP contribution >= 0.6 is 0 Å². The summed E-state index contributed by atoms with van der Waals surface area (Å²) in [6, 6.07) is 14.9. The lowest BCUT2D eigenvalue weighted by molar-refractivity contribution is -0.134. The van der Waals surface area contributed by atoms with Crippen LogP contribution in [0.4, 0.5) is 0 Å². The van der Waals surface area contributed by atoms with E-state index in [1.807, 2.05) is 30.3 Å². The number of esters is 1. The minimum Gasteiger partial charge on any atom is -0.493 e. The van der Waals surface area contributed by atoms with E-state index in [4.69, 9.17) is 9.47 Å². The highest BCUT2D eigenvalue weighted by Gasteiger charge is 2.18. The number of carbonyl (C=O) groups excluding carboxylic acids is 2. The third kappa shape index (κ3) is 6.68. The lowest BCUT2D eigenvalue weighted by Crippen LogP contribution is -2.35. The van der Waals surface area contributed by atoms with E-state index in [-0.39, 0.29) is 24.5 Å². The zero-order valence-corrected chi connectivity index (χ0v) is 17.2. The number of rotatable bonds is 9. The molecule has 2 aromatic carbocycles. The average molecular weight is 397 g/mol. The van der Waals surface area contributed by atoms with E-state index in [0.717, 1.165) is 11.1 Å². The SMILES string of the molecule is COC(=O)C=Cc1ccc(OCC(=O)NC(c2ccccc2)C(C)C)c(OC)c1. The molecule has 0 aliphatic rings. The van der Waals surface area contributed by atoms with Crippen LogP contribution in [0, 0.1) is 5.92 Å². The molecule has 1 N–H and O–H groups in total. The van der Waals surface area contributed by atoms with Crippen LogP contribution in [-0.2, 0) is 14.3 Å².